The molecule has 0 radical (unpaired) electrons. The number of amides is 3. The van der Waals surface area contributed by atoms with E-state index in [1.54, 1.807) is 16.7 Å². The van der Waals surface area contributed by atoms with Gasteiger partial charge >= 0.3 is 0 Å². The van der Waals surface area contributed by atoms with E-state index in [2.05, 4.69) is 24.5 Å². The van der Waals surface area contributed by atoms with Crippen molar-refractivity contribution < 1.29 is 19.5 Å². The molecule has 0 aromatic heterocycles. The second-order valence-corrected chi connectivity index (χ2v) is 11.4. The minimum absolute atomic E-state index is 0.0371. The molecule has 6 atom stereocenters. The van der Waals surface area contributed by atoms with Crippen LogP contribution in [0.5, 0.6) is 0 Å². The van der Waals surface area contributed by atoms with Crippen LogP contribution in [0.1, 0.15) is 51.5 Å². The fourth-order valence-corrected chi connectivity index (χ4v) is 8.61. The van der Waals surface area contributed by atoms with E-state index in [-0.39, 0.29) is 35.5 Å². The third-order valence-corrected chi connectivity index (χ3v) is 9.82. The second kappa shape index (κ2) is 10.7. The Kier molecular flexibility index (Phi) is 7.87. The molecule has 7 nitrogen and oxygen atoms in total. The predicted octanol–water partition coefficient (Wildman–Crippen LogP) is 2.33. The zero-order valence-corrected chi connectivity index (χ0v) is 21.0. The molecule has 3 heterocycles. The molecule has 3 N–H and O–H groups in total. The lowest BCUT2D eigenvalue weighted by Crippen LogP contribution is -2.56. The van der Waals surface area contributed by atoms with E-state index in [0.717, 1.165) is 31.2 Å². The average molecular weight is 488 g/mol. The van der Waals surface area contributed by atoms with E-state index >= 15 is 0 Å². The fourth-order valence-electron chi connectivity index (χ4n) is 6.19. The molecule has 3 amide bonds. The van der Waals surface area contributed by atoms with Gasteiger partial charge in [0.2, 0.25) is 17.7 Å². The number of aliphatic hydroxyl groups is 1. The summed E-state index contributed by atoms with van der Waals surface area (Å²) >= 11 is 1.69. The van der Waals surface area contributed by atoms with E-state index in [1.807, 2.05) is 30.3 Å². The summed E-state index contributed by atoms with van der Waals surface area (Å²) in [6, 6.07) is 9.15. The van der Waals surface area contributed by atoms with Crippen LogP contribution in [0, 0.1) is 17.8 Å². The normalized spacial score (nSPS) is 31.6. The maximum Gasteiger partial charge on any atom is 0.244 e. The lowest BCUT2D eigenvalue weighted by molar-refractivity contribution is -0.140. The summed E-state index contributed by atoms with van der Waals surface area (Å²) in [5, 5.41) is 15.6. The molecular weight excluding hydrogens is 450 g/mol. The van der Waals surface area contributed by atoms with Gasteiger partial charge < -0.3 is 20.6 Å². The Morgan fingerprint density at radius 1 is 1.15 bits per heavy atom. The highest BCUT2D eigenvalue weighted by Crippen LogP contribution is 2.68. The van der Waals surface area contributed by atoms with Gasteiger partial charge in [0.1, 0.15) is 6.04 Å². The van der Waals surface area contributed by atoms with Crippen molar-refractivity contribution in [1.82, 2.24) is 15.5 Å². The first-order valence-corrected chi connectivity index (χ1v) is 13.5. The Morgan fingerprint density at radius 2 is 1.91 bits per heavy atom. The molecular formula is C26H37N3O4S. The molecule has 1 spiro atoms. The molecule has 2 bridgehead atoms. The number of carbonyl (C=O) groups is 3. The number of benzene rings is 1. The van der Waals surface area contributed by atoms with Gasteiger partial charge in [0.05, 0.1) is 16.6 Å². The molecule has 0 aliphatic carbocycles. The van der Waals surface area contributed by atoms with Gasteiger partial charge in [-0.05, 0) is 30.7 Å². The van der Waals surface area contributed by atoms with Gasteiger partial charge in [-0.3, -0.25) is 14.4 Å². The molecule has 1 aromatic rings. The van der Waals surface area contributed by atoms with E-state index in [4.69, 9.17) is 0 Å². The molecule has 1 aromatic carbocycles. The van der Waals surface area contributed by atoms with Crippen LogP contribution in [0.4, 0.5) is 0 Å². The van der Waals surface area contributed by atoms with Gasteiger partial charge in [-0.15, -0.1) is 11.8 Å². The molecule has 3 aliphatic rings. The Labute approximate surface area is 206 Å². The predicted molar refractivity (Wildman–Crippen MR) is 133 cm³/mol. The van der Waals surface area contributed by atoms with Crippen LogP contribution in [0.3, 0.4) is 0 Å². The van der Waals surface area contributed by atoms with Gasteiger partial charge in [0, 0.05) is 31.5 Å². The number of fused-ring (bicyclic) bond motifs is 1. The Hall–Kier alpha value is -2.06. The number of carbonyl (C=O) groups excluding carboxylic acids is 3. The third kappa shape index (κ3) is 4.35. The SMILES string of the molecule is CCCCCNC(=O)C1N(CCCO)C(=O)[C@@H]2[C@H](C(=O)NCc3ccccc3)[C@@H]3CC(C)C12S3. The Bertz CT molecular complexity index is 897. The summed E-state index contributed by atoms with van der Waals surface area (Å²) in [4.78, 5) is 42.3. The standard InChI is InChI=1S/C26H37N3O4S/c1-3-4-8-12-27-24(32)22-26-17(2)15-19(34-26)20(21(26)25(33)29(22)13-9-14-30)23(31)28-16-18-10-6-5-7-11-18/h5-7,10-11,17,19-22,30H,3-4,8-9,12-16H2,1-2H3,(H,27,32)(H,28,31)/t17?,19-,20+,21-,22?,26?/m0/s1. The second-order valence-electron chi connectivity index (χ2n) is 9.86. The number of nitrogens with zero attached hydrogens (tertiary/aromatic N) is 1. The number of thioether (sulfide) groups is 1. The molecule has 4 rings (SSSR count). The molecule has 3 unspecified atom stereocenters. The first-order valence-electron chi connectivity index (χ1n) is 12.6. The fraction of sp³-hybridized carbons (Fsp3) is 0.654. The van der Waals surface area contributed by atoms with Gasteiger partial charge in [0.15, 0.2) is 0 Å². The first kappa shape index (κ1) is 25.0. The highest BCUT2D eigenvalue weighted by atomic mass is 32.2. The maximum absolute atomic E-state index is 13.8. The third-order valence-electron chi connectivity index (χ3n) is 7.74. The van der Waals surface area contributed by atoms with Gasteiger partial charge in [-0.2, -0.15) is 0 Å². The van der Waals surface area contributed by atoms with Crippen molar-refractivity contribution in [2.45, 2.75) is 68.5 Å². The summed E-state index contributed by atoms with van der Waals surface area (Å²) in [6.45, 7) is 5.55. The average Bonchev–Trinajstić information content (AvgIpc) is 3.43. The molecule has 3 aliphatic heterocycles. The first-order chi connectivity index (χ1) is 16.5. The largest absolute Gasteiger partial charge is 0.396 e. The number of hydrogen-bond acceptors (Lipinski definition) is 5. The van der Waals surface area contributed by atoms with Gasteiger partial charge in [-0.25, -0.2) is 0 Å². The smallest absolute Gasteiger partial charge is 0.244 e. The number of unbranched alkanes of at least 4 members (excludes halogenated alkanes) is 2. The topological polar surface area (TPSA) is 98.7 Å². The van der Waals surface area contributed by atoms with E-state index in [9.17, 15) is 19.5 Å². The van der Waals surface area contributed by atoms with Crippen LogP contribution < -0.4 is 10.6 Å². The van der Waals surface area contributed by atoms with Crippen LogP contribution in [-0.2, 0) is 20.9 Å². The Morgan fingerprint density at radius 3 is 2.62 bits per heavy atom. The highest BCUT2D eigenvalue weighted by molar-refractivity contribution is 8.02. The van der Waals surface area contributed by atoms with Crippen molar-refractivity contribution in [2.75, 3.05) is 19.7 Å². The molecule has 34 heavy (non-hydrogen) atoms. The van der Waals surface area contributed by atoms with Crippen molar-refractivity contribution in [3.63, 3.8) is 0 Å². The molecule has 3 saturated heterocycles. The number of likely N-dealkylation sites (tertiary alicyclic amines) is 1. The van der Waals surface area contributed by atoms with E-state index < -0.39 is 22.6 Å². The maximum atomic E-state index is 13.8. The number of nitrogens with one attached hydrogen (secondary N) is 2. The number of hydrogen-bond donors (Lipinski definition) is 3. The van der Waals surface area contributed by atoms with Crippen LogP contribution >= 0.6 is 11.8 Å². The van der Waals surface area contributed by atoms with Crippen LogP contribution in [0.25, 0.3) is 0 Å². The quantitative estimate of drug-likeness (QED) is 0.416. The summed E-state index contributed by atoms with van der Waals surface area (Å²) < 4.78 is -0.596. The molecule has 0 saturated carbocycles. The van der Waals surface area contributed by atoms with Crippen LogP contribution in [0.2, 0.25) is 0 Å². The van der Waals surface area contributed by atoms with Crippen molar-refractivity contribution in [3.8, 4) is 0 Å². The van der Waals surface area contributed by atoms with Crippen molar-refractivity contribution in [3.05, 3.63) is 35.9 Å². The summed E-state index contributed by atoms with van der Waals surface area (Å²) in [5.74, 6) is -1.11. The highest BCUT2D eigenvalue weighted by Gasteiger charge is 2.75. The van der Waals surface area contributed by atoms with Crippen molar-refractivity contribution >= 4 is 29.5 Å². The molecule has 186 valence electrons. The minimum atomic E-state index is -0.602. The van der Waals surface area contributed by atoms with E-state index in [1.165, 1.54) is 0 Å². The van der Waals surface area contributed by atoms with Crippen molar-refractivity contribution in [1.29, 1.82) is 0 Å². The lowest BCUT2D eigenvalue weighted by Gasteiger charge is -2.38. The zero-order valence-electron chi connectivity index (χ0n) is 20.2. The van der Waals surface area contributed by atoms with Gasteiger partial charge in [-0.1, -0.05) is 57.0 Å². The van der Waals surface area contributed by atoms with E-state index in [0.29, 0.717) is 26.1 Å². The molecule has 8 heteroatoms. The zero-order chi connectivity index (χ0) is 24.3. The van der Waals surface area contributed by atoms with Crippen molar-refractivity contribution in [2.24, 2.45) is 17.8 Å². The monoisotopic (exact) mass is 487 g/mol. The van der Waals surface area contributed by atoms with Gasteiger partial charge in [0.25, 0.3) is 0 Å². The summed E-state index contributed by atoms with van der Waals surface area (Å²) in [7, 11) is 0. The minimum Gasteiger partial charge on any atom is -0.396 e. The summed E-state index contributed by atoms with van der Waals surface area (Å²) in [5.41, 5.74) is 1.02. The van der Waals surface area contributed by atoms with Crippen LogP contribution in [0.15, 0.2) is 30.3 Å². The summed E-state index contributed by atoms with van der Waals surface area (Å²) in [6.07, 6.45) is 4.27. The number of aliphatic hydroxyl groups excluding tert-OH is 1. The number of rotatable bonds is 11. The molecule has 3 fully saturated rings. The lowest BCUT2D eigenvalue weighted by atomic mass is 9.66. The Balaban J connectivity index is 1.57. The van der Waals surface area contributed by atoms with Crippen LogP contribution in [-0.4, -0.2) is 63.5 Å².